The summed E-state index contributed by atoms with van der Waals surface area (Å²) in [5, 5.41) is 2.49. The summed E-state index contributed by atoms with van der Waals surface area (Å²) in [4.78, 5) is 12.5. The average Bonchev–Trinajstić information content (AvgIpc) is 3.00. The summed E-state index contributed by atoms with van der Waals surface area (Å²) in [5.74, 6) is -0.489. The number of nitrogens with one attached hydrogen (secondary N) is 1. The first-order chi connectivity index (χ1) is 13.1. The molecule has 10 heteroatoms. The SMILES string of the molecule is COc1ccc(N2CCCS2(=O)=O)cc1NC(=O)c1cccc(C(F)(F)F)c1. The average molecular weight is 414 g/mol. The number of sulfonamides is 1. The number of hydrogen-bond acceptors (Lipinski definition) is 4. The van der Waals surface area contributed by atoms with Crippen molar-refractivity contribution in [3.63, 3.8) is 0 Å². The first-order valence-corrected chi connectivity index (χ1v) is 9.90. The molecule has 0 aromatic heterocycles. The third kappa shape index (κ3) is 4.06. The minimum absolute atomic E-state index is 0.0327. The van der Waals surface area contributed by atoms with Crippen LogP contribution in [0.1, 0.15) is 22.3 Å². The van der Waals surface area contributed by atoms with Gasteiger partial charge in [0.1, 0.15) is 5.75 Å². The maximum Gasteiger partial charge on any atom is 0.416 e. The number of anilines is 2. The predicted octanol–water partition coefficient (Wildman–Crippen LogP) is 3.51. The van der Waals surface area contributed by atoms with Gasteiger partial charge in [0.2, 0.25) is 10.0 Å². The summed E-state index contributed by atoms with van der Waals surface area (Å²) in [7, 11) is -2.06. The van der Waals surface area contributed by atoms with Gasteiger partial charge in [-0.2, -0.15) is 13.2 Å². The zero-order valence-corrected chi connectivity index (χ0v) is 15.6. The summed E-state index contributed by atoms with van der Waals surface area (Å²) in [6.45, 7) is 0.315. The second-order valence-corrected chi connectivity index (χ2v) is 8.17. The fraction of sp³-hybridized carbons (Fsp3) is 0.278. The summed E-state index contributed by atoms with van der Waals surface area (Å²) >= 11 is 0. The van der Waals surface area contributed by atoms with E-state index in [9.17, 15) is 26.4 Å². The van der Waals surface area contributed by atoms with E-state index < -0.39 is 27.7 Å². The van der Waals surface area contributed by atoms with Gasteiger partial charge in [0.25, 0.3) is 5.91 Å². The van der Waals surface area contributed by atoms with E-state index in [2.05, 4.69) is 5.32 Å². The molecule has 0 bridgehead atoms. The lowest BCUT2D eigenvalue weighted by Crippen LogP contribution is -2.25. The Kier molecular flexibility index (Phi) is 5.24. The van der Waals surface area contributed by atoms with Crippen LogP contribution in [-0.2, 0) is 16.2 Å². The number of carbonyl (C=O) groups excluding carboxylic acids is 1. The molecular weight excluding hydrogens is 397 g/mol. The van der Waals surface area contributed by atoms with Gasteiger partial charge in [-0.3, -0.25) is 9.10 Å². The Morgan fingerprint density at radius 2 is 1.93 bits per heavy atom. The van der Waals surface area contributed by atoms with Crippen LogP contribution >= 0.6 is 0 Å². The second-order valence-electron chi connectivity index (χ2n) is 6.16. The third-order valence-corrected chi connectivity index (χ3v) is 6.14. The van der Waals surface area contributed by atoms with Gasteiger partial charge in [0.05, 0.1) is 29.8 Å². The van der Waals surface area contributed by atoms with Crippen molar-refractivity contribution in [3.05, 3.63) is 53.6 Å². The monoisotopic (exact) mass is 414 g/mol. The van der Waals surface area contributed by atoms with E-state index in [-0.39, 0.29) is 22.8 Å². The van der Waals surface area contributed by atoms with Gasteiger partial charge in [0, 0.05) is 12.1 Å². The quantitative estimate of drug-likeness (QED) is 0.831. The highest BCUT2D eigenvalue weighted by atomic mass is 32.2. The van der Waals surface area contributed by atoms with Crippen molar-refractivity contribution in [2.24, 2.45) is 0 Å². The van der Waals surface area contributed by atoms with Crippen LogP contribution in [0.4, 0.5) is 24.5 Å². The molecule has 0 unspecified atom stereocenters. The van der Waals surface area contributed by atoms with Crippen LogP contribution in [0.3, 0.4) is 0 Å². The summed E-state index contributed by atoms with van der Waals surface area (Å²) in [6, 6.07) is 8.47. The van der Waals surface area contributed by atoms with Crippen molar-refractivity contribution in [2.75, 3.05) is 29.0 Å². The molecule has 1 amide bonds. The van der Waals surface area contributed by atoms with Gasteiger partial charge in [-0.05, 0) is 42.8 Å². The van der Waals surface area contributed by atoms with Crippen LogP contribution in [0, 0.1) is 0 Å². The molecule has 2 aromatic rings. The molecule has 1 aliphatic rings. The molecule has 1 aliphatic heterocycles. The molecule has 0 aliphatic carbocycles. The zero-order valence-electron chi connectivity index (χ0n) is 14.8. The van der Waals surface area contributed by atoms with Crippen molar-refractivity contribution in [2.45, 2.75) is 12.6 Å². The van der Waals surface area contributed by atoms with Crippen molar-refractivity contribution < 1.29 is 31.1 Å². The molecule has 0 atom stereocenters. The number of nitrogens with zero attached hydrogens (tertiary/aromatic N) is 1. The number of ether oxygens (including phenoxy) is 1. The molecule has 3 rings (SSSR count). The standard InChI is InChI=1S/C18H17F3N2O4S/c1-27-16-7-6-14(23-8-3-9-28(23,25)26)11-15(16)22-17(24)12-4-2-5-13(10-12)18(19,20)21/h2,4-7,10-11H,3,8-9H2,1H3,(H,22,24). The topological polar surface area (TPSA) is 75.7 Å². The van der Waals surface area contributed by atoms with Crippen LogP contribution in [0.25, 0.3) is 0 Å². The second kappa shape index (κ2) is 7.34. The Morgan fingerprint density at radius 3 is 2.54 bits per heavy atom. The predicted molar refractivity (Wildman–Crippen MR) is 98.1 cm³/mol. The molecule has 1 N–H and O–H groups in total. The van der Waals surface area contributed by atoms with E-state index in [1.807, 2.05) is 0 Å². The van der Waals surface area contributed by atoms with Crippen LogP contribution in [0.5, 0.6) is 5.75 Å². The maximum absolute atomic E-state index is 12.9. The molecule has 28 heavy (non-hydrogen) atoms. The molecule has 0 radical (unpaired) electrons. The Morgan fingerprint density at radius 1 is 1.18 bits per heavy atom. The number of carbonyl (C=O) groups is 1. The van der Waals surface area contributed by atoms with E-state index >= 15 is 0 Å². The Labute approximate surface area is 160 Å². The van der Waals surface area contributed by atoms with Crippen LogP contribution in [0.15, 0.2) is 42.5 Å². The zero-order chi connectivity index (χ0) is 20.5. The smallest absolute Gasteiger partial charge is 0.416 e. The molecular formula is C18H17F3N2O4S. The lowest BCUT2D eigenvalue weighted by Gasteiger charge is -2.19. The number of rotatable bonds is 4. The number of alkyl halides is 3. The van der Waals surface area contributed by atoms with E-state index in [4.69, 9.17) is 4.74 Å². The molecule has 1 heterocycles. The number of halogens is 3. The van der Waals surface area contributed by atoms with Crippen LogP contribution in [0.2, 0.25) is 0 Å². The summed E-state index contributed by atoms with van der Waals surface area (Å²) in [5.41, 5.74) is -0.623. The van der Waals surface area contributed by atoms with Crippen molar-refractivity contribution in [3.8, 4) is 5.75 Å². The van der Waals surface area contributed by atoms with Gasteiger partial charge in [-0.15, -0.1) is 0 Å². The highest BCUT2D eigenvalue weighted by Crippen LogP contribution is 2.33. The largest absolute Gasteiger partial charge is 0.495 e. The first kappa shape index (κ1) is 20.0. The normalized spacial score (nSPS) is 16.1. The summed E-state index contributed by atoms with van der Waals surface area (Å²) in [6.07, 6.45) is -4.09. The van der Waals surface area contributed by atoms with Crippen molar-refractivity contribution in [1.82, 2.24) is 0 Å². The Balaban J connectivity index is 1.91. The van der Waals surface area contributed by atoms with Crippen molar-refractivity contribution in [1.29, 1.82) is 0 Å². The maximum atomic E-state index is 12.9. The number of amides is 1. The lowest BCUT2D eigenvalue weighted by atomic mass is 10.1. The number of benzene rings is 2. The minimum atomic E-state index is -4.57. The lowest BCUT2D eigenvalue weighted by molar-refractivity contribution is -0.137. The van der Waals surface area contributed by atoms with E-state index in [1.165, 1.54) is 29.6 Å². The van der Waals surface area contributed by atoms with Crippen LogP contribution < -0.4 is 14.4 Å². The fourth-order valence-corrected chi connectivity index (χ4v) is 4.47. The van der Waals surface area contributed by atoms with E-state index in [1.54, 1.807) is 6.07 Å². The molecule has 150 valence electrons. The third-order valence-electron chi connectivity index (χ3n) is 4.27. The van der Waals surface area contributed by atoms with Crippen LogP contribution in [-0.4, -0.2) is 33.7 Å². The van der Waals surface area contributed by atoms with Gasteiger partial charge in [0.15, 0.2) is 0 Å². The highest BCUT2D eigenvalue weighted by Gasteiger charge is 2.31. The molecule has 0 spiro atoms. The Bertz CT molecular complexity index is 1010. The number of methoxy groups -OCH3 is 1. The Hall–Kier alpha value is -2.75. The van der Waals surface area contributed by atoms with E-state index in [0.29, 0.717) is 18.7 Å². The molecule has 6 nitrogen and oxygen atoms in total. The minimum Gasteiger partial charge on any atom is -0.495 e. The van der Waals surface area contributed by atoms with Gasteiger partial charge < -0.3 is 10.1 Å². The van der Waals surface area contributed by atoms with Gasteiger partial charge in [-0.25, -0.2) is 8.42 Å². The highest BCUT2D eigenvalue weighted by molar-refractivity contribution is 7.93. The van der Waals surface area contributed by atoms with Gasteiger partial charge in [-0.1, -0.05) is 6.07 Å². The molecule has 1 fully saturated rings. The summed E-state index contributed by atoms with van der Waals surface area (Å²) < 4.78 is 69.2. The van der Waals surface area contributed by atoms with E-state index in [0.717, 1.165) is 18.2 Å². The molecule has 0 saturated carbocycles. The first-order valence-electron chi connectivity index (χ1n) is 8.29. The number of hydrogen-bond donors (Lipinski definition) is 1. The molecule has 2 aromatic carbocycles. The fourth-order valence-electron chi connectivity index (χ4n) is 2.91. The van der Waals surface area contributed by atoms with Crippen molar-refractivity contribution >= 4 is 27.3 Å². The van der Waals surface area contributed by atoms with Gasteiger partial charge >= 0.3 is 6.18 Å². The molecule has 1 saturated heterocycles.